The lowest BCUT2D eigenvalue weighted by Gasteiger charge is -2.07. The minimum absolute atomic E-state index is 0.504. The highest BCUT2D eigenvalue weighted by Crippen LogP contribution is 2.23. The highest BCUT2D eigenvalue weighted by atomic mass is 16.5. The maximum absolute atomic E-state index is 8.90. The summed E-state index contributed by atoms with van der Waals surface area (Å²) in [5.74, 6) is 0. The molecular formula is C10H15N3O. The van der Waals surface area contributed by atoms with Crippen molar-refractivity contribution in [3.05, 3.63) is 17.0 Å². The van der Waals surface area contributed by atoms with Crippen LogP contribution >= 0.6 is 0 Å². The van der Waals surface area contributed by atoms with Crippen LogP contribution in [0, 0.1) is 25.2 Å². The molecule has 1 unspecified atom stereocenters. The maximum Gasteiger partial charge on any atom is 0.172 e. The fourth-order valence-electron chi connectivity index (χ4n) is 1.63. The van der Waals surface area contributed by atoms with E-state index in [1.54, 1.807) is 0 Å². The van der Waals surface area contributed by atoms with E-state index < -0.39 is 6.10 Å². The van der Waals surface area contributed by atoms with Crippen molar-refractivity contribution in [1.29, 1.82) is 5.26 Å². The van der Waals surface area contributed by atoms with Crippen LogP contribution in [0.4, 0.5) is 0 Å². The Morgan fingerprint density at radius 1 is 1.57 bits per heavy atom. The second-order valence-corrected chi connectivity index (χ2v) is 3.15. The second kappa shape index (κ2) is 4.25. The summed E-state index contributed by atoms with van der Waals surface area (Å²) in [6.45, 7) is 6.70. The Balaban J connectivity index is 3.20. The molecule has 0 saturated heterocycles. The van der Waals surface area contributed by atoms with E-state index in [-0.39, 0.29) is 0 Å². The SMILES string of the molecule is CCn1nc(C)c(C(C#N)OC)c1C. The number of methoxy groups -OCH3 is 1. The van der Waals surface area contributed by atoms with E-state index >= 15 is 0 Å². The van der Waals surface area contributed by atoms with Gasteiger partial charge in [-0.25, -0.2) is 0 Å². The zero-order valence-corrected chi connectivity index (χ0v) is 9.03. The molecule has 0 aliphatic carbocycles. The van der Waals surface area contributed by atoms with Crippen LogP contribution in [0.5, 0.6) is 0 Å². The lowest BCUT2D eigenvalue weighted by atomic mass is 10.1. The number of nitriles is 1. The lowest BCUT2D eigenvalue weighted by molar-refractivity contribution is 0.147. The zero-order chi connectivity index (χ0) is 10.7. The first-order valence-corrected chi connectivity index (χ1v) is 4.62. The summed E-state index contributed by atoms with van der Waals surface area (Å²) in [5, 5.41) is 13.2. The Morgan fingerprint density at radius 3 is 2.57 bits per heavy atom. The molecule has 0 fully saturated rings. The molecule has 4 nitrogen and oxygen atoms in total. The van der Waals surface area contributed by atoms with Gasteiger partial charge in [-0.1, -0.05) is 0 Å². The Hall–Kier alpha value is -1.34. The van der Waals surface area contributed by atoms with Crippen molar-refractivity contribution < 1.29 is 4.74 Å². The third-order valence-corrected chi connectivity index (χ3v) is 2.35. The van der Waals surface area contributed by atoms with Gasteiger partial charge in [-0.05, 0) is 20.8 Å². The number of nitrogens with zero attached hydrogens (tertiary/aromatic N) is 3. The molecule has 0 N–H and O–H groups in total. The average molecular weight is 193 g/mol. The zero-order valence-electron chi connectivity index (χ0n) is 9.03. The van der Waals surface area contributed by atoms with E-state index in [0.29, 0.717) is 0 Å². The summed E-state index contributed by atoms with van der Waals surface area (Å²) >= 11 is 0. The summed E-state index contributed by atoms with van der Waals surface area (Å²) < 4.78 is 6.97. The topological polar surface area (TPSA) is 50.8 Å². The van der Waals surface area contributed by atoms with Gasteiger partial charge in [0.1, 0.15) is 0 Å². The molecule has 0 amide bonds. The fraction of sp³-hybridized carbons (Fsp3) is 0.600. The molecule has 1 aromatic heterocycles. The predicted octanol–water partition coefficient (Wildman–Crippen LogP) is 1.73. The van der Waals surface area contributed by atoms with Crippen molar-refractivity contribution in [3.8, 4) is 6.07 Å². The number of aryl methyl sites for hydroxylation is 2. The van der Waals surface area contributed by atoms with Crippen molar-refractivity contribution in [1.82, 2.24) is 9.78 Å². The molecule has 1 aromatic rings. The molecule has 0 aliphatic heterocycles. The van der Waals surface area contributed by atoms with Crippen LogP contribution in [0.25, 0.3) is 0 Å². The van der Waals surface area contributed by atoms with Gasteiger partial charge in [0, 0.05) is 24.9 Å². The van der Waals surface area contributed by atoms with Crippen LogP contribution < -0.4 is 0 Å². The van der Waals surface area contributed by atoms with E-state index in [2.05, 4.69) is 11.2 Å². The fourth-order valence-corrected chi connectivity index (χ4v) is 1.63. The summed E-state index contributed by atoms with van der Waals surface area (Å²) in [6.07, 6.45) is -0.504. The largest absolute Gasteiger partial charge is 0.362 e. The number of aromatic nitrogens is 2. The van der Waals surface area contributed by atoms with Crippen LogP contribution in [0.3, 0.4) is 0 Å². The second-order valence-electron chi connectivity index (χ2n) is 3.15. The Morgan fingerprint density at radius 2 is 2.21 bits per heavy atom. The third-order valence-electron chi connectivity index (χ3n) is 2.35. The summed E-state index contributed by atoms with van der Waals surface area (Å²) in [5.41, 5.74) is 2.79. The van der Waals surface area contributed by atoms with Gasteiger partial charge >= 0.3 is 0 Å². The van der Waals surface area contributed by atoms with Crippen LogP contribution in [-0.4, -0.2) is 16.9 Å². The van der Waals surface area contributed by atoms with Gasteiger partial charge in [0.15, 0.2) is 6.10 Å². The molecule has 0 radical (unpaired) electrons. The van der Waals surface area contributed by atoms with Crippen molar-refractivity contribution >= 4 is 0 Å². The molecular weight excluding hydrogens is 178 g/mol. The summed E-state index contributed by atoms with van der Waals surface area (Å²) in [6, 6.07) is 2.11. The summed E-state index contributed by atoms with van der Waals surface area (Å²) in [4.78, 5) is 0. The molecule has 0 aliphatic rings. The number of ether oxygens (including phenoxy) is 1. The number of rotatable bonds is 3. The number of hydrogen-bond acceptors (Lipinski definition) is 3. The van der Waals surface area contributed by atoms with Gasteiger partial charge in [-0.15, -0.1) is 0 Å². The molecule has 0 aromatic carbocycles. The van der Waals surface area contributed by atoms with Gasteiger partial charge in [0.05, 0.1) is 11.8 Å². The van der Waals surface area contributed by atoms with E-state index in [1.165, 1.54) is 7.11 Å². The van der Waals surface area contributed by atoms with Crippen LogP contribution in [0.1, 0.15) is 30.0 Å². The van der Waals surface area contributed by atoms with Gasteiger partial charge in [0.2, 0.25) is 0 Å². The quantitative estimate of drug-likeness (QED) is 0.734. The van der Waals surface area contributed by atoms with Gasteiger partial charge < -0.3 is 4.74 Å². The Labute approximate surface area is 84.1 Å². The third kappa shape index (κ3) is 1.64. The first-order valence-electron chi connectivity index (χ1n) is 4.62. The van der Waals surface area contributed by atoms with Crippen molar-refractivity contribution in [2.45, 2.75) is 33.4 Å². The molecule has 4 heteroatoms. The predicted molar refractivity (Wildman–Crippen MR) is 52.7 cm³/mol. The average Bonchev–Trinajstić information content (AvgIpc) is 2.46. The van der Waals surface area contributed by atoms with E-state index in [0.717, 1.165) is 23.5 Å². The first-order chi connectivity index (χ1) is 6.65. The minimum atomic E-state index is -0.504. The van der Waals surface area contributed by atoms with Crippen molar-refractivity contribution in [2.24, 2.45) is 0 Å². The molecule has 0 spiro atoms. The smallest absolute Gasteiger partial charge is 0.172 e. The highest BCUT2D eigenvalue weighted by Gasteiger charge is 2.19. The first kappa shape index (κ1) is 10.7. The lowest BCUT2D eigenvalue weighted by Crippen LogP contribution is -2.03. The van der Waals surface area contributed by atoms with Crippen molar-refractivity contribution in [3.63, 3.8) is 0 Å². The Bertz CT molecular complexity index is 362. The molecule has 76 valence electrons. The molecule has 1 rings (SSSR count). The molecule has 14 heavy (non-hydrogen) atoms. The molecule has 0 saturated carbocycles. The minimum Gasteiger partial charge on any atom is -0.362 e. The van der Waals surface area contributed by atoms with E-state index in [1.807, 2.05) is 25.5 Å². The molecule has 1 atom stereocenters. The monoisotopic (exact) mass is 193 g/mol. The van der Waals surface area contributed by atoms with Crippen LogP contribution in [0.2, 0.25) is 0 Å². The van der Waals surface area contributed by atoms with Gasteiger partial charge in [-0.3, -0.25) is 4.68 Å². The number of hydrogen-bond donors (Lipinski definition) is 0. The van der Waals surface area contributed by atoms with Crippen LogP contribution in [0.15, 0.2) is 0 Å². The van der Waals surface area contributed by atoms with Crippen molar-refractivity contribution in [2.75, 3.05) is 7.11 Å². The van der Waals surface area contributed by atoms with Gasteiger partial charge in [0.25, 0.3) is 0 Å². The summed E-state index contributed by atoms with van der Waals surface area (Å²) in [7, 11) is 1.54. The standard InChI is InChI=1S/C10H15N3O/c1-5-13-8(3)10(7(2)12-13)9(6-11)14-4/h9H,5H2,1-4H3. The normalized spacial score (nSPS) is 12.5. The highest BCUT2D eigenvalue weighted by molar-refractivity contribution is 5.30. The van der Waals surface area contributed by atoms with E-state index in [4.69, 9.17) is 10.00 Å². The molecule has 0 bridgehead atoms. The van der Waals surface area contributed by atoms with E-state index in [9.17, 15) is 0 Å². The molecule has 1 heterocycles. The Kier molecular flexibility index (Phi) is 3.26. The van der Waals surface area contributed by atoms with Gasteiger partial charge in [-0.2, -0.15) is 10.4 Å². The maximum atomic E-state index is 8.90. The van der Waals surface area contributed by atoms with Crippen LogP contribution in [-0.2, 0) is 11.3 Å².